The van der Waals surface area contributed by atoms with Gasteiger partial charge in [0.2, 0.25) is 0 Å². The summed E-state index contributed by atoms with van der Waals surface area (Å²) in [5.41, 5.74) is 5.17. The van der Waals surface area contributed by atoms with Crippen LogP contribution in [0.5, 0.6) is 0 Å². The predicted molar refractivity (Wildman–Crippen MR) is 70.2 cm³/mol. The number of fused-ring (bicyclic) bond motifs is 1. The van der Waals surface area contributed by atoms with Gasteiger partial charge in [-0.05, 0) is 25.8 Å². The number of hydrogen-bond donors (Lipinski definition) is 1. The van der Waals surface area contributed by atoms with E-state index in [9.17, 15) is 0 Å². The van der Waals surface area contributed by atoms with Gasteiger partial charge in [0.25, 0.3) is 0 Å². The van der Waals surface area contributed by atoms with Gasteiger partial charge in [0, 0.05) is 23.8 Å². The lowest BCUT2D eigenvalue weighted by Gasteiger charge is -2.14. The van der Waals surface area contributed by atoms with Crippen LogP contribution in [0.2, 0.25) is 0 Å². The van der Waals surface area contributed by atoms with Crippen LogP contribution in [0.4, 0.5) is 5.69 Å². The first-order valence-electron chi connectivity index (χ1n) is 6.15. The first-order chi connectivity index (χ1) is 8.27. The molecule has 1 aliphatic rings. The van der Waals surface area contributed by atoms with Crippen molar-refractivity contribution in [1.82, 2.24) is 9.55 Å². The lowest BCUT2D eigenvalue weighted by atomic mass is 10.1. The summed E-state index contributed by atoms with van der Waals surface area (Å²) in [5.74, 6) is 0. The van der Waals surface area contributed by atoms with Gasteiger partial charge in [-0.15, -0.1) is 0 Å². The van der Waals surface area contributed by atoms with Crippen LogP contribution in [0.15, 0.2) is 30.7 Å². The quantitative estimate of drug-likeness (QED) is 0.854. The van der Waals surface area contributed by atoms with Crippen LogP contribution in [0.3, 0.4) is 0 Å². The molecule has 0 unspecified atom stereocenters. The first-order valence-corrected chi connectivity index (χ1v) is 6.15. The highest BCUT2D eigenvalue weighted by molar-refractivity contribution is 5.79. The van der Waals surface area contributed by atoms with E-state index in [2.05, 4.69) is 46.9 Å². The van der Waals surface area contributed by atoms with Crippen LogP contribution in [0.25, 0.3) is 11.3 Å². The molecule has 0 saturated carbocycles. The predicted octanol–water partition coefficient (Wildman–Crippen LogP) is 3.10. The second kappa shape index (κ2) is 3.91. The molecule has 2 heterocycles. The molecule has 0 amide bonds. The third kappa shape index (κ3) is 1.62. The molecule has 0 aliphatic carbocycles. The van der Waals surface area contributed by atoms with Crippen molar-refractivity contribution in [3.05, 3.63) is 36.3 Å². The molecular formula is C14H17N3. The Balaban J connectivity index is 2.16. The van der Waals surface area contributed by atoms with Gasteiger partial charge in [-0.25, -0.2) is 4.98 Å². The van der Waals surface area contributed by atoms with E-state index in [-0.39, 0.29) is 0 Å². The summed E-state index contributed by atoms with van der Waals surface area (Å²) >= 11 is 0. The molecule has 3 rings (SSSR count). The number of aromatic nitrogens is 2. The smallest absolute Gasteiger partial charge is 0.0953 e. The van der Waals surface area contributed by atoms with Crippen molar-refractivity contribution >= 4 is 5.69 Å². The Hall–Kier alpha value is -1.77. The van der Waals surface area contributed by atoms with Gasteiger partial charge in [0.05, 0.1) is 18.2 Å². The lowest BCUT2D eigenvalue weighted by Crippen LogP contribution is -2.02. The highest BCUT2D eigenvalue weighted by atomic mass is 15.1. The molecule has 1 N–H and O–H groups in total. The molecule has 1 aromatic heterocycles. The van der Waals surface area contributed by atoms with Crippen molar-refractivity contribution in [2.45, 2.75) is 26.3 Å². The molecule has 0 fully saturated rings. The molecule has 17 heavy (non-hydrogen) atoms. The van der Waals surface area contributed by atoms with E-state index in [4.69, 9.17) is 0 Å². The zero-order valence-corrected chi connectivity index (χ0v) is 10.3. The molecule has 0 saturated heterocycles. The molecule has 3 heteroatoms. The van der Waals surface area contributed by atoms with Gasteiger partial charge in [-0.3, -0.25) is 0 Å². The van der Waals surface area contributed by atoms with Crippen molar-refractivity contribution in [3.8, 4) is 11.3 Å². The number of imidazole rings is 1. The minimum absolute atomic E-state index is 0.435. The largest absolute Gasteiger partial charge is 0.384 e. The van der Waals surface area contributed by atoms with Gasteiger partial charge >= 0.3 is 0 Å². The summed E-state index contributed by atoms with van der Waals surface area (Å²) in [6.45, 7) is 5.41. The van der Waals surface area contributed by atoms with Crippen LogP contribution in [-0.4, -0.2) is 16.1 Å². The maximum Gasteiger partial charge on any atom is 0.0953 e. The monoisotopic (exact) mass is 227 g/mol. The summed E-state index contributed by atoms with van der Waals surface area (Å²) in [7, 11) is 0. The van der Waals surface area contributed by atoms with E-state index in [1.807, 2.05) is 12.5 Å². The molecule has 1 aliphatic heterocycles. The third-order valence-corrected chi connectivity index (χ3v) is 3.35. The Bertz CT molecular complexity index is 540. The molecule has 2 aromatic rings. The summed E-state index contributed by atoms with van der Waals surface area (Å²) in [6, 6.07) is 6.95. The SMILES string of the molecule is CC(C)n1cncc1-c1cccc2c1NCC2. The zero-order chi connectivity index (χ0) is 11.8. The molecule has 0 atom stereocenters. The topological polar surface area (TPSA) is 29.9 Å². The zero-order valence-electron chi connectivity index (χ0n) is 10.3. The Morgan fingerprint density at radius 3 is 3.06 bits per heavy atom. The van der Waals surface area contributed by atoms with Crippen LogP contribution in [0, 0.1) is 0 Å². The maximum atomic E-state index is 4.28. The molecule has 0 bridgehead atoms. The van der Waals surface area contributed by atoms with Crippen LogP contribution in [0.1, 0.15) is 25.5 Å². The van der Waals surface area contributed by atoms with Gasteiger partial charge in [-0.1, -0.05) is 18.2 Å². The Kier molecular flexibility index (Phi) is 2.39. The maximum absolute atomic E-state index is 4.28. The molecule has 0 radical (unpaired) electrons. The fourth-order valence-electron chi connectivity index (χ4n) is 2.48. The average molecular weight is 227 g/mol. The fraction of sp³-hybridized carbons (Fsp3) is 0.357. The second-order valence-electron chi connectivity index (χ2n) is 4.80. The number of benzene rings is 1. The van der Waals surface area contributed by atoms with Crippen LogP contribution < -0.4 is 5.32 Å². The summed E-state index contributed by atoms with van der Waals surface area (Å²) in [5, 5.41) is 3.48. The number of anilines is 1. The molecule has 88 valence electrons. The van der Waals surface area contributed by atoms with Gasteiger partial charge in [0.1, 0.15) is 0 Å². The minimum Gasteiger partial charge on any atom is -0.384 e. The summed E-state index contributed by atoms with van der Waals surface area (Å²) in [4.78, 5) is 4.28. The van der Waals surface area contributed by atoms with E-state index >= 15 is 0 Å². The number of para-hydroxylation sites is 1. The highest BCUT2D eigenvalue weighted by Crippen LogP contribution is 2.34. The van der Waals surface area contributed by atoms with E-state index < -0.39 is 0 Å². The van der Waals surface area contributed by atoms with Crippen molar-refractivity contribution < 1.29 is 0 Å². The highest BCUT2D eigenvalue weighted by Gasteiger charge is 2.17. The molecule has 1 aromatic carbocycles. The second-order valence-corrected chi connectivity index (χ2v) is 4.80. The number of rotatable bonds is 2. The Morgan fingerprint density at radius 1 is 1.35 bits per heavy atom. The minimum atomic E-state index is 0.435. The van der Waals surface area contributed by atoms with E-state index in [1.165, 1.54) is 22.5 Å². The first kappa shape index (κ1) is 10.4. The summed E-state index contributed by atoms with van der Waals surface area (Å²) < 4.78 is 2.22. The molecule has 0 spiro atoms. The standard InChI is InChI=1S/C14H17N3/c1-10(2)17-9-15-8-13(17)12-5-3-4-11-6-7-16-14(11)12/h3-5,8-10,16H,6-7H2,1-2H3. The van der Waals surface area contributed by atoms with Gasteiger partial charge in [-0.2, -0.15) is 0 Å². The van der Waals surface area contributed by atoms with Crippen molar-refractivity contribution in [1.29, 1.82) is 0 Å². The molecule has 3 nitrogen and oxygen atoms in total. The van der Waals surface area contributed by atoms with E-state index in [0.717, 1.165) is 13.0 Å². The Morgan fingerprint density at radius 2 is 2.24 bits per heavy atom. The van der Waals surface area contributed by atoms with Crippen LogP contribution in [-0.2, 0) is 6.42 Å². The van der Waals surface area contributed by atoms with E-state index in [0.29, 0.717) is 6.04 Å². The molecular weight excluding hydrogens is 210 g/mol. The lowest BCUT2D eigenvalue weighted by molar-refractivity contribution is 0.605. The fourth-order valence-corrected chi connectivity index (χ4v) is 2.48. The van der Waals surface area contributed by atoms with Crippen molar-refractivity contribution in [2.75, 3.05) is 11.9 Å². The van der Waals surface area contributed by atoms with Gasteiger partial charge < -0.3 is 9.88 Å². The van der Waals surface area contributed by atoms with Crippen LogP contribution >= 0.6 is 0 Å². The normalized spacial score (nSPS) is 13.8. The van der Waals surface area contributed by atoms with Gasteiger partial charge in [0.15, 0.2) is 0 Å². The third-order valence-electron chi connectivity index (χ3n) is 3.35. The number of hydrogen-bond acceptors (Lipinski definition) is 2. The number of nitrogens with one attached hydrogen (secondary N) is 1. The summed E-state index contributed by atoms with van der Waals surface area (Å²) in [6.07, 6.45) is 4.99. The average Bonchev–Trinajstić information content (AvgIpc) is 2.97. The van der Waals surface area contributed by atoms with Crippen molar-refractivity contribution in [3.63, 3.8) is 0 Å². The number of nitrogens with zero attached hydrogens (tertiary/aromatic N) is 2. The van der Waals surface area contributed by atoms with Crippen molar-refractivity contribution in [2.24, 2.45) is 0 Å². The van der Waals surface area contributed by atoms with E-state index in [1.54, 1.807) is 0 Å². The Labute approximate surface area is 101 Å².